The molecule has 0 aliphatic carbocycles. The fourth-order valence-electron chi connectivity index (χ4n) is 1.98. The van der Waals surface area contributed by atoms with Crippen molar-refractivity contribution >= 4 is 11.9 Å². The van der Waals surface area contributed by atoms with Gasteiger partial charge in [0.05, 0.1) is 11.8 Å². The summed E-state index contributed by atoms with van der Waals surface area (Å²) < 4.78 is 0. The van der Waals surface area contributed by atoms with Crippen LogP contribution < -0.4 is 0 Å². The largest absolute Gasteiger partial charge is 0.481 e. The SMILES string of the molecule is C[C@@H](C(=O)O)[C@H](C(=O)O)[C@@H](C)c1ccccc1. The van der Waals surface area contributed by atoms with Crippen molar-refractivity contribution in [3.63, 3.8) is 0 Å². The first-order chi connectivity index (χ1) is 7.95. The van der Waals surface area contributed by atoms with Crippen LogP contribution in [0.4, 0.5) is 0 Å². The first-order valence-electron chi connectivity index (χ1n) is 5.45. The van der Waals surface area contributed by atoms with E-state index in [4.69, 9.17) is 10.2 Å². The van der Waals surface area contributed by atoms with Crippen LogP contribution >= 0.6 is 0 Å². The first-order valence-corrected chi connectivity index (χ1v) is 5.45. The summed E-state index contributed by atoms with van der Waals surface area (Å²) in [5.74, 6) is -4.33. The van der Waals surface area contributed by atoms with Crippen molar-refractivity contribution in [1.82, 2.24) is 0 Å². The van der Waals surface area contributed by atoms with Crippen molar-refractivity contribution < 1.29 is 19.8 Å². The van der Waals surface area contributed by atoms with Crippen molar-refractivity contribution in [3.8, 4) is 0 Å². The molecule has 92 valence electrons. The number of hydrogen-bond donors (Lipinski definition) is 2. The topological polar surface area (TPSA) is 74.6 Å². The highest BCUT2D eigenvalue weighted by molar-refractivity contribution is 5.80. The minimum absolute atomic E-state index is 0.334. The number of rotatable bonds is 5. The number of carbonyl (C=O) groups is 2. The zero-order valence-corrected chi connectivity index (χ0v) is 9.83. The van der Waals surface area contributed by atoms with E-state index in [-0.39, 0.29) is 5.92 Å². The Morgan fingerprint density at radius 3 is 1.94 bits per heavy atom. The lowest BCUT2D eigenvalue weighted by Crippen LogP contribution is -2.31. The summed E-state index contributed by atoms with van der Waals surface area (Å²) in [6, 6.07) is 9.10. The van der Waals surface area contributed by atoms with Gasteiger partial charge in [0.25, 0.3) is 0 Å². The molecule has 0 fully saturated rings. The maximum Gasteiger partial charge on any atom is 0.307 e. The Labute approximate surface area is 99.9 Å². The first kappa shape index (κ1) is 13.2. The molecule has 1 aromatic rings. The summed E-state index contributed by atoms with van der Waals surface area (Å²) in [7, 11) is 0. The quantitative estimate of drug-likeness (QED) is 0.822. The van der Waals surface area contributed by atoms with Crippen LogP contribution in [0.5, 0.6) is 0 Å². The predicted molar refractivity (Wildman–Crippen MR) is 62.8 cm³/mol. The van der Waals surface area contributed by atoms with Gasteiger partial charge in [-0.2, -0.15) is 0 Å². The van der Waals surface area contributed by atoms with Gasteiger partial charge in [0.15, 0.2) is 0 Å². The molecule has 0 aliphatic heterocycles. The second-order valence-corrected chi connectivity index (χ2v) is 4.19. The molecule has 0 heterocycles. The summed E-state index contributed by atoms with van der Waals surface area (Å²) in [6.07, 6.45) is 0. The fourth-order valence-corrected chi connectivity index (χ4v) is 1.98. The van der Waals surface area contributed by atoms with E-state index in [0.29, 0.717) is 0 Å². The molecule has 2 N–H and O–H groups in total. The molecule has 0 unspecified atom stereocenters. The Kier molecular flexibility index (Phi) is 4.26. The molecule has 1 aromatic carbocycles. The molecule has 0 aliphatic rings. The molecule has 0 amide bonds. The highest BCUT2D eigenvalue weighted by Crippen LogP contribution is 2.30. The standard InChI is InChI=1S/C13H16O4/c1-8(10-6-4-3-5-7-10)11(13(16)17)9(2)12(14)15/h3-9,11H,1-2H3,(H,14,15)(H,16,17)/t8-,9+,11+/m0/s1. The van der Waals surface area contributed by atoms with Crippen molar-refractivity contribution in [1.29, 1.82) is 0 Å². The van der Waals surface area contributed by atoms with Gasteiger partial charge >= 0.3 is 11.9 Å². The van der Waals surface area contributed by atoms with Crippen LogP contribution in [0.3, 0.4) is 0 Å². The number of hydrogen-bond acceptors (Lipinski definition) is 2. The van der Waals surface area contributed by atoms with Gasteiger partial charge in [0, 0.05) is 0 Å². The Morgan fingerprint density at radius 2 is 1.53 bits per heavy atom. The smallest absolute Gasteiger partial charge is 0.307 e. The zero-order valence-electron chi connectivity index (χ0n) is 9.83. The van der Waals surface area contributed by atoms with E-state index in [1.54, 1.807) is 6.92 Å². The maximum atomic E-state index is 11.2. The second kappa shape index (κ2) is 5.48. The molecule has 3 atom stereocenters. The van der Waals surface area contributed by atoms with Gasteiger partial charge in [-0.3, -0.25) is 9.59 Å². The number of aliphatic carboxylic acids is 2. The minimum Gasteiger partial charge on any atom is -0.481 e. The normalized spacial score (nSPS) is 15.9. The lowest BCUT2D eigenvalue weighted by atomic mass is 9.80. The van der Waals surface area contributed by atoms with Crippen LogP contribution in [-0.2, 0) is 9.59 Å². The summed E-state index contributed by atoms with van der Waals surface area (Å²) in [5, 5.41) is 18.1. The van der Waals surface area contributed by atoms with E-state index >= 15 is 0 Å². The molecular formula is C13H16O4. The lowest BCUT2D eigenvalue weighted by Gasteiger charge is -2.23. The Morgan fingerprint density at radius 1 is 1.00 bits per heavy atom. The predicted octanol–water partition coefficient (Wildman–Crippen LogP) is 2.21. The fraction of sp³-hybridized carbons (Fsp3) is 0.385. The van der Waals surface area contributed by atoms with E-state index < -0.39 is 23.8 Å². The number of carboxylic acid groups (broad SMARTS) is 2. The minimum atomic E-state index is -1.08. The highest BCUT2D eigenvalue weighted by Gasteiger charge is 2.35. The van der Waals surface area contributed by atoms with Gasteiger partial charge in [-0.1, -0.05) is 44.2 Å². The van der Waals surface area contributed by atoms with Crippen LogP contribution in [0, 0.1) is 11.8 Å². The molecule has 17 heavy (non-hydrogen) atoms. The van der Waals surface area contributed by atoms with Gasteiger partial charge in [0.2, 0.25) is 0 Å². The van der Waals surface area contributed by atoms with Gasteiger partial charge in [-0.15, -0.1) is 0 Å². The van der Waals surface area contributed by atoms with E-state index in [0.717, 1.165) is 5.56 Å². The summed E-state index contributed by atoms with van der Waals surface area (Å²) in [4.78, 5) is 22.1. The monoisotopic (exact) mass is 236 g/mol. The maximum absolute atomic E-state index is 11.2. The second-order valence-electron chi connectivity index (χ2n) is 4.19. The number of carboxylic acids is 2. The third-order valence-corrected chi connectivity index (χ3v) is 3.08. The van der Waals surface area contributed by atoms with Gasteiger partial charge in [-0.25, -0.2) is 0 Å². The van der Waals surface area contributed by atoms with Crippen LogP contribution in [0.1, 0.15) is 25.3 Å². The lowest BCUT2D eigenvalue weighted by molar-refractivity contribution is -0.153. The molecule has 4 heteroatoms. The van der Waals surface area contributed by atoms with E-state index in [2.05, 4.69) is 0 Å². The van der Waals surface area contributed by atoms with Crippen LogP contribution in [0.15, 0.2) is 30.3 Å². The van der Waals surface area contributed by atoms with Gasteiger partial charge in [0.1, 0.15) is 0 Å². The average molecular weight is 236 g/mol. The number of benzene rings is 1. The van der Waals surface area contributed by atoms with Crippen molar-refractivity contribution in [2.45, 2.75) is 19.8 Å². The third kappa shape index (κ3) is 3.06. The van der Waals surface area contributed by atoms with Gasteiger partial charge in [-0.05, 0) is 11.5 Å². The molecule has 0 radical (unpaired) electrons. The summed E-state index contributed by atoms with van der Waals surface area (Å²) >= 11 is 0. The summed E-state index contributed by atoms with van der Waals surface area (Å²) in [5.41, 5.74) is 0.841. The Balaban J connectivity index is 3.00. The van der Waals surface area contributed by atoms with Crippen molar-refractivity contribution in [2.75, 3.05) is 0 Å². The van der Waals surface area contributed by atoms with Crippen molar-refractivity contribution in [2.24, 2.45) is 11.8 Å². The molecule has 0 saturated heterocycles. The molecular weight excluding hydrogens is 220 g/mol. The van der Waals surface area contributed by atoms with Crippen LogP contribution in [0.2, 0.25) is 0 Å². The zero-order chi connectivity index (χ0) is 13.0. The summed E-state index contributed by atoms with van der Waals surface area (Å²) in [6.45, 7) is 3.17. The molecule has 0 spiro atoms. The van der Waals surface area contributed by atoms with Crippen LogP contribution in [-0.4, -0.2) is 22.2 Å². The molecule has 0 aromatic heterocycles. The molecule has 4 nitrogen and oxygen atoms in total. The van der Waals surface area contributed by atoms with Crippen LogP contribution in [0.25, 0.3) is 0 Å². The van der Waals surface area contributed by atoms with E-state index in [1.807, 2.05) is 30.3 Å². The Bertz CT molecular complexity index is 399. The molecule has 0 saturated carbocycles. The molecule has 1 rings (SSSR count). The van der Waals surface area contributed by atoms with Gasteiger partial charge < -0.3 is 10.2 Å². The molecule has 0 bridgehead atoms. The Hall–Kier alpha value is -1.84. The van der Waals surface area contributed by atoms with E-state index in [9.17, 15) is 9.59 Å². The average Bonchev–Trinajstić information content (AvgIpc) is 2.29. The van der Waals surface area contributed by atoms with E-state index in [1.165, 1.54) is 6.92 Å². The van der Waals surface area contributed by atoms with Crippen molar-refractivity contribution in [3.05, 3.63) is 35.9 Å². The highest BCUT2D eigenvalue weighted by atomic mass is 16.4. The third-order valence-electron chi connectivity index (χ3n) is 3.08.